The fourth-order valence-electron chi connectivity index (χ4n) is 2.08. The minimum absolute atomic E-state index is 0.0688. The first kappa shape index (κ1) is 11.1. The van der Waals surface area contributed by atoms with Gasteiger partial charge in [0.15, 0.2) is 0 Å². The van der Waals surface area contributed by atoms with Crippen molar-refractivity contribution in [2.45, 2.75) is 19.4 Å². The van der Waals surface area contributed by atoms with Crippen LogP contribution in [0.25, 0.3) is 0 Å². The van der Waals surface area contributed by atoms with E-state index in [4.69, 9.17) is 0 Å². The van der Waals surface area contributed by atoms with Gasteiger partial charge in [-0.25, -0.2) is 0 Å². The monoisotopic (exact) mass is 219 g/mol. The zero-order valence-corrected chi connectivity index (χ0v) is 9.47. The van der Waals surface area contributed by atoms with Gasteiger partial charge in [-0.2, -0.15) is 0 Å². The maximum Gasteiger partial charge on any atom is 0.253 e. The summed E-state index contributed by atoms with van der Waals surface area (Å²) in [5.41, 5.74) is 0.728. The predicted octanol–water partition coefficient (Wildman–Crippen LogP) is 1.53. The predicted molar refractivity (Wildman–Crippen MR) is 62.1 cm³/mol. The van der Waals surface area contributed by atoms with Gasteiger partial charge >= 0.3 is 0 Å². The van der Waals surface area contributed by atoms with Gasteiger partial charge in [-0.15, -0.1) is 0 Å². The van der Waals surface area contributed by atoms with Gasteiger partial charge in [-0.05, 0) is 24.5 Å². The summed E-state index contributed by atoms with van der Waals surface area (Å²) < 4.78 is 0. The first-order valence-electron chi connectivity index (χ1n) is 5.71. The third-order valence-corrected chi connectivity index (χ3v) is 3.17. The Balaban J connectivity index is 2.06. The summed E-state index contributed by atoms with van der Waals surface area (Å²) in [5, 5.41) is 9.61. The molecule has 1 aliphatic rings. The zero-order chi connectivity index (χ0) is 11.5. The van der Waals surface area contributed by atoms with E-state index >= 15 is 0 Å². The fourth-order valence-corrected chi connectivity index (χ4v) is 2.08. The molecule has 3 heteroatoms. The Hall–Kier alpha value is -1.35. The molecular formula is C13H17NO2. The van der Waals surface area contributed by atoms with Gasteiger partial charge in [-0.1, -0.05) is 25.1 Å². The van der Waals surface area contributed by atoms with Crippen molar-refractivity contribution in [2.24, 2.45) is 5.92 Å². The van der Waals surface area contributed by atoms with Crippen molar-refractivity contribution in [3.63, 3.8) is 0 Å². The third kappa shape index (κ3) is 2.25. The lowest BCUT2D eigenvalue weighted by molar-refractivity contribution is 0.0297. The lowest BCUT2D eigenvalue weighted by Gasteiger charge is -2.34. The number of likely N-dealkylation sites (tertiary alicyclic amines) is 1. The van der Waals surface area contributed by atoms with Crippen molar-refractivity contribution in [1.82, 2.24) is 4.90 Å². The average Bonchev–Trinajstić information content (AvgIpc) is 2.33. The molecule has 2 unspecified atom stereocenters. The molecule has 1 aliphatic heterocycles. The van der Waals surface area contributed by atoms with Crippen LogP contribution in [0.1, 0.15) is 23.7 Å². The fraction of sp³-hybridized carbons (Fsp3) is 0.462. The second kappa shape index (κ2) is 4.66. The van der Waals surface area contributed by atoms with Gasteiger partial charge in [0.25, 0.3) is 5.91 Å². The number of piperidine rings is 1. The number of carbonyl (C=O) groups is 1. The molecule has 0 saturated carbocycles. The van der Waals surface area contributed by atoms with E-state index in [1.54, 1.807) is 0 Å². The molecule has 1 saturated heterocycles. The summed E-state index contributed by atoms with van der Waals surface area (Å²) in [6.45, 7) is 3.28. The standard InChI is InChI=1S/C13H17NO2/c1-10-9-14(8-7-12(10)15)13(16)11-5-3-2-4-6-11/h2-6,10,12,15H,7-9H2,1H3. The van der Waals surface area contributed by atoms with Crippen molar-refractivity contribution >= 4 is 5.91 Å². The highest BCUT2D eigenvalue weighted by molar-refractivity contribution is 5.94. The molecule has 1 amide bonds. The van der Waals surface area contributed by atoms with E-state index in [-0.39, 0.29) is 17.9 Å². The van der Waals surface area contributed by atoms with Crippen molar-refractivity contribution in [3.8, 4) is 0 Å². The number of aliphatic hydroxyl groups excluding tert-OH is 1. The van der Waals surface area contributed by atoms with Crippen LogP contribution in [0.4, 0.5) is 0 Å². The molecule has 16 heavy (non-hydrogen) atoms. The van der Waals surface area contributed by atoms with Gasteiger partial charge in [0.05, 0.1) is 6.10 Å². The van der Waals surface area contributed by atoms with E-state index in [0.717, 1.165) is 5.56 Å². The van der Waals surface area contributed by atoms with Crippen LogP contribution >= 0.6 is 0 Å². The average molecular weight is 219 g/mol. The molecular weight excluding hydrogens is 202 g/mol. The van der Waals surface area contributed by atoms with E-state index in [9.17, 15) is 9.90 Å². The Labute approximate surface area is 95.7 Å². The molecule has 2 atom stereocenters. The second-order valence-corrected chi connectivity index (χ2v) is 4.45. The number of hydrogen-bond acceptors (Lipinski definition) is 2. The van der Waals surface area contributed by atoms with Crippen LogP contribution in [-0.2, 0) is 0 Å². The van der Waals surface area contributed by atoms with Crippen LogP contribution in [-0.4, -0.2) is 35.1 Å². The number of amides is 1. The number of benzene rings is 1. The molecule has 1 heterocycles. The Morgan fingerprint density at radius 2 is 2.06 bits per heavy atom. The molecule has 1 aromatic rings. The lowest BCUT2D eigenvalue weighted by atomic mass is 9.96. The van der Waals surface area contributed by atoms with Crippen molar-refractivity contribution in [1.29, 1.82) is 0 Å². The van der Waals surface area contributed by atoms with Crippen LogP contribution in [0.2, 0.25) is 0 Å². The first-order chi connectivity index (χ1) is 7.68. The smallest absolute Gasteiger partial charge is 0.253 e. The van der Waals surface area contributed by atoms with Gasteiger partial charge in [0.1, 0.15) is 0 Å². The highest BCUT2D eigenvalue weighted by Crippen LogP contribution is 2.18. The molecule has 1 fully saturated rings. The van der Waals surface area contributed by atoms with Crippen molar-refractivity contribution < 1.29 is 9.90 Å². The summed E-state index contributed by atoms with van der Waals surface area (Å²) >= 11 is 0. The summed E-state index contributed by atoms with van der Waals surface area (Å²) in [7, 11) is 0. The molecule has 2 rings (SSSR count). The van der Waals surface area contributed by atoms with Crippen molar-refractivity contribution in [2.75, 3.05) is 13.1 Å². The van der Waals surface area contributed by atoms with E-state index in [2.05, 4.69) is 0 Å². The first-order valence-corrected chi connectivity index (χ1v) is 5.71. The lowest BCUT2D eigenvalue weighted by Crippen LogP contribution is -2.44. The second-order valence-electron chi connectivity index (χ2n) is 4.45. The molecule has 0 spiro atoms. The summed E-state index contributed by atoms with van der Waals surface area (Å²) in [4.78, 5) is 13.9. The summed E-state index contributed by atoms with van der Waals surface area (Å²) in [5.74, 6) is 0.237. The highest BCUT2D eigenvalue weighted by Gasteiger charge is 2.27. The molecule has 0 aliphatic carbocycles. The van der Waals surface area contributed by atoms with E-state index < -0.39 is 0 Å². The molecule has 3 nitrogen and oxygen atoms in total. The largest absolute Gasteiger partial charge is 0.393 e. The summed E-state index contributed by atoms with van der Waals surface area (Å²) in [6, 6.07) is 9.31. The quantitative estimate of drug-likeness (QED) is 0.778. The number of carbonyl (C=O) groups excluding carboxylic acids is 1. The Morgan fingerprint density at radius 3 is 2.69 bits per heavy atom. The van der Waals surface area contributed by atoms with Gasteiger partial charge in [0.2, 0.25) is 0 Å². The minimum atomic E-state index is -0.264. The minimum Gasteiger partial charge on any atom is -0.393 e. The van der Waals surface area contributed by atoms with Crippen LogP contribution < -0.4 is 0 Å². The maximum atomic E-state index is 12.1. The molecule has 1 aromatic carbocycles. The van der Waals surface area contributed by atoms with E-state index in [1.165, 1.54) is 0 Å². The van der Waals surface area contributed by atoms with E-state index in [0.29, 0.717) is 19.5 Å². The number of aliphatic hydroxyl groups is 1. The van der Waals surface area contributed by atoms with Crippen LogP contribution in [0.5, 0.6) is 0 Å². The summed E-state index contributed by atoms with van der Waals surface area (Å²) in [6.07, 6.45) is 0.416. The zero-order valence-electron chi connectivity index (χ0n) is 9.47. The topological polar surface area (TPSA) is 40.5 Å². The molecule has 0 radical (unpaired) electrons. The molecule has 86 valence electrons. The van der Waals surface area contributed by atoms with E-state index in [1.807, 2.05) is 42.2 Å². The van der Waals surface area contributed by atoms with Crippen LogP contribution in [0.3, 0.4) is 0 Å². The number of hydrogen-bond donors (Lipinski definition) is 1. The third-order valence-electron chi connectivity index (χ3n) is 3.17. The molecule has 0 aromatic heterocycles. The Morgan fingerprint density at radius 1 is 1.38 bits per heavy atom. The SMILES string of the molecule is CC1CN(C(=O)c2ccccc2)CCC1O. The van der Waals surface area contributed by atoms with Crippen LogP contribution in [0, 0.1) is 5.92 Å². The Bertz CT molecular complexity index is 363. The molecule has 1 N–H and O–H groups in total. The number of nitrogens with zero attached hydrogens (tertiary/aromatic N) is 1. The molecule has 0 bridgehead atoms. The maximum absolute atomic E-state index is 12.1. The number of rotatable bonds is 1. The van der Waals surface area contributed by atoms with Gasteiger partial charge < -0.3 is 10.0 Å². The van der Waals surface area contributed by atoms with Crippen LogP contribution in [0.15, 0.2) is 30.3 Å². The normalized spacial score (nSPS) is 25.5. The van der Waals surface area contributed by atoms with Gasteiger partial charge in [0, 0.05) is 18.7 Å². The van der Waals surface area contributed by atoms with Gasteiger partial charge in [-0.3, -0.25) is 4.79 Å². The highest BCUT2D eigenvalue weighted by atomic mass is 16.3. The van der Waals surface area contributed by atoms with Crippen molar-refractivity contribution in [3.05, 3.63) is 35.9 Å². The Kier molecular flexibility index (Phi) is 3.25.